The van der Waals surface area contributed by atoms with Crippen molar-refractivity contribution >= 4 is 18.4 Å². The van der Waals surface area contributed by atoms with Crippen molar-refractivity contribution in [2.24, 2.45) is 5.73 Å². The van der Waals surface area contributed by atoms with Crippen LogP contribution in [0.4, 0.5) is 0 Å². The summed E-state index contributed by atoms with van der Waals surface area (Å²) in [6.45, 7) is 2.15. The highest BCUT2D eigenvalue weighted by Crippen LogP contribution is 2.36. The molecule has 0 heterocycles. The number of ether oxygens (including phenoxy) is 1. The van der Waals surface area contributed by atoms with Crippen molar-refractivity contribution in [2.75, 3.05) is 6.61 Å². The molecule has 1 aliphatic rings. The van der Waals surface area contributed by atoms with Crippen LogP contribution in [0.2, 0.25) is 0 Å². The van der Waals surface area contributed by atoms with Gasteiger partial charge in [-0.1, -0.05) is 48.5 Å². The van der Waals surface area contributed by atoms with E-state index in [0.717, 1.165) is 24.0 Å². The highest BCUT2D eigenvalue weighted by Gasteiger charge is 2.33. The van der Waals surface area contributed by atoms with E-state index in [2.05, 4.69) is 24.3 Å². The van der Waals surface area contributed by atoms with Crippen molar-refractivity contribution in [2.45, 2.75) is 31.7 Å². The average molecular weight is 332 g/mol. The maximum atomic E-state index is 12.2. The predicted octanol–water partition coefficient (Wildman–Crippen LogP) is 3.23. The summed E-state index contributed by atoms with van der Waals surface area (Å²) in [5, 5.41) is 0. The Morgan fingerprint density at radius 2 is 1.57 bits per heavy atom. The van der Waals surface area contributed by atoms with Gasteiger partial charge in [-0.25, -0.2) is 0 Å². The standard InChI is InChI=1S/C19H21NO2.ClH/c1-2-22-19(21)18(20)17-15-9-5-3-7-13(15)11-12-14-8-4-6-10-16(14)17;/h3-10,17-18H,2,11-12,20H2,1H3;1H/t18-;/m0./s1. The zero-order chi connectivity index (χ0) is 15.5. The Kier molecular flexibility index (Phi) is 5.80. The van der Waals surface area contributed by atoms with Gasteiger partial charge in [0.05, 0.1) is 6.61 Å². The number of fused-ring (bicyclic) bond motifs is 2. The lowest BCUT2D eigenvalue weighted by Gasteiger charge is -2.25. The van der Waals surface area contributed by atoms with Gasteiger partial charge in [0.2, 0.25) is 0 Å². The number of nitrogens with two attached hydrogens (primary N) is 1. The van der Waals surface area contributed by atoms with Crippen molar-refractivity contribution < 1.29 is 9.53 Å². The van der Waals surface area contributed by atoms with E-state index in [1.807, 2.05) is 24.3 Å². The van der Waals surface area contributed by atoms with Crippen molar-refractivity contribution in [1.82, 2.24) is 0 Å². The first-order chi connectivity index (χ1) is 10.7. The number of esters is 1. The van der Waals surface area contributed by atoms with Crippen LogP contribution in [0.1, 0.15) is 35.1 Å². The Balaban J connectivity index is 0.00000192. The predicted molar refractivity (Wildman–Crippen MR) is 94.0 cm³/mol. The molecule has 1 atom stereocenters. The van der Waals surface area contributed by atoms with E-state index < -0.39 is 6.04 Å². The molecule has 0 aliphatic heterocycles. The molecule has 0 spiro atoms. The molecule has 0 unspecified atom stereocenters. The van der Waals surface area contributed by atoms with Gasteiger partial charge in [0.15, 0.2) is 0 Å². The van der Waals surface area contributed by atoms with Crippen LogP contribution < -0.4 is 5.73 Å². The van der Waals surface area contributed by atoms with Crippen LogP contribution in [-0.4, -0.2) is 18.6 Å². The molecule has 0 radical (unpaired) electrons. The fourth-order valence-electron chi connectivity index (χ4n) is 3.33. The lowest BCUT2D eigenvalue weighted by Crippen LogP contribution is -2.39. The zero-order valence-corrected chi connectivity index (χ0v) is 14.0. The van der Waals surface area contributed by atoms with E-state index in [1.54, 1.807) is 6.92 Å². The fourth-order valence-corrected chi connectivity index (χ4v) is 3.33. The summed E-state index contributed by atoms with van der Waals surface area (Å²) in [7, 11) is 0. The van der Waals surface area contributed by atoms with Crippen LogP contribution in [-0.2, 0) is 22.4 Å². The summed E-state index contributed by atoms with van der Waals surface area (Å²) in [4.78, 5) is 12.2. The third kappa shape index (κ3) is 3.41. The van der Waals surface area contributed by atoms with E-state index in [0.29, 0.717) is 6.61 Å². The Hall–Kier alpha value is -1.84. The highest BCUT2D eigenvalue weighted by molar-refractivity contribution is 5.85. The van der Waals surface area contributed by atoms with Crippen molar-refractivity contribution in [1.29, 1.82) is 0 Å². The molecule has 0 amide bonds. The molecule has 23 heavy (non-hydrogen) atoms. The average Bonchev–Trinajstić information content (AvgIpc) is 2.71. The first kappa shape index (κ1) is 17.5. The van der Waals surface area contributed by atoms with Gasteiger partial charge in [-0.2, -0.15) is 0 Å². The second-order valence-corrected chi connectivity index (χ2v) is 5.65. The Morgan fingerprint density at radius 3 is 2.04 bits per heavy atom. The molecule has 0 fully saturated rings. The number of carbonyl (C=O) groups excluding carboxylic acids is 1. The third-order valence-electron chi connectivity index (χ3n) is 4.36. The van der Waals surface area contributed by atoms with Crippen LogP contribution in [0.5, 0.6) is 0 Å². The smallest absolute Gasteiger partial charge is 0.323 e. The molecule has 2 aromatic carbocycles. The van der Waals surface area contributed by atoms with Crippen LogP contribution in [0, 0.1) is 0 Å². The fraction of sp³-hybridized carbons (Fsp3) is 0.316. The molecular formula is C19H22ClNO2. The molecule has 0 saturated heterocycles. The topological polar surface area (TPSA) is 52.3 Å². The molecule has 3 nitrogen and oxygen atoms in total. The lowest BCUT2D eigenvalue weighted by molar-refractivity contribution is -0.145. The minimum Gasteiger partial charge on any atom is -0.465 e. The monoisotopic (exact) mass is 331 g/mol. The summed E-state index contributed by atoms with van der Waals surface area (Å²) >= 11 is 0. The van der Waals surface area contributed by atoms with Crippen molar-refractivity contribution in [3.8, 4) is 0 Å². The van der Waals surface area contributed by atoms with Crippen LogP contribution in [0.15, 0.2) is 48.5 Å². The van der Waals surface area contributed by atoms with Gasteiger partial charge < -0.3 is 10.5 Å². The minimum atomic E-state index is -0.680. The molecule has 122 valence electrons. The van der Waals surface area contributed by atoms with E-state index in [9.17, 15) is 4.79 Å². The van der Waals surface area contributed by atoms with Gasteiger partial charge >= 0.3 is 5.97 Å². The van der Waals surface area contributed by atoms with Crippen LogP contribution in [0.3, 0.4) is 0 Å². The molecular weight excluding hydrogens is 310 g/mol. The molecule has 0 bridgehead atoms. The molecule has 2 N–H and O–H groups in total. The van der Waals surface area contributed by atoms with Crippen LogP contribution in [0.25, 0.3) is 0 Å². The van der Waals surface area contributed by atoms with Gasteiger partial charge in [-0.3, -0.25) is 4.79 Å². The Bertz CT molecular complexity index is 639. The van der Waals surface area contributed by atoms with Crippen LogP contribution >= 0.6 is 12.4 Å². The largest absolute Gasteiger partial charge is 0.465 e. The first-order valence-electron chi connectivity index (χ1n) is 7.80. The maximum Gasteiger partial charge on any atom is 0.323 e. The summed E-state index contributed by atoms with van der Waals surface area (Å²) in [6.07, 6.45) is 1.94. The maximum absolute atomic E-state index is 12.2. The molecule has 0 aromatic heterocycles. The van der Waals surface area contributed by atoms with E-state index in [1.165, 1.54) is 11.1 Å². The van der Waals surface area contributed by atoms with E-state index >= 15 is 0 Å². The number of halogens is 1. The molecule has 3 rings (SSSR count). The summed E-state index contributed by atoms with van der Waals surface area (Å²) < 4.78 is 5.16. The molecule has 2 aromatic rings. The van der Waals surface area contributed by atoms with E-state index in [-0.39, 0.29) is 24.3 Å². The highest BCUT2D eigenvalue weighted by atomic mass is 35.5. The number of hydrogen-bond donors (Lipinski definition) is 1. The molecule has 4 heteroatoms. The SMILES string of the molecule is CCOC(=O)[C@@H](N)C1c2ccccc2CCc2ccccc21.Cl. The number of hydrogen-bond acceptors (Lipinski definition) is 3. The van der Waals surface area contributed by atoms with Crippen molar-refractivity contribution in [3.63, 3.8) is 0 Å². The van der Waals surface area contributed by atoms with Gasteiger partial charge in [0, 0.05) is 5.92 Å². The third-order valence-corrected chi connectivity index (χ3v) is 4.36. The summed E-state index contributed by atoms with van der Waals surface area (Å²) in [5.74, 6) is -0.479. The zero-order valence-electron chi connectivity index (χ0n) is 13.2. The number of rotatable bonds is 3. The van der Waals surface area contributed by atoms with E-state index in [4.69, 9.17) is 10.5 Å². The summed E-state index contributed by atoms with van der Waals surface area (Å²) in [6, 6.07) is 15.9. The minimum absolute atomic E-state index is 0. The second kappa shape index (κ2) is 7.62. The van der Waals surface area contributed by atoms with Crippen molar-refractivity contribution in [3.05, 3.63) is 70.8 Å². The lowest BCUT2D eigenvalue weighted by atomic mass is 9.83. The normalized spacial score (nSPS) is 14.7. The van der Waals surface area contributed by atoms with Gasteiger partial charge in [0.25, 0.3) is 0 Å². The van der Waals surface area contributed by atoms with Gasteiger partial charge in [-0.05, 0) is 42.0 Å². The Labute approximate surface area is 143 Å². The number of aryl methyl sites for hydroxylation is 2. The molecule has 1 aliphatic carbocycles. The number of carbonyl (C=O) groups is 1. The second-order valence-electron chi connectivity index (χ2n) is 5.65. The summed E-state index contributed by atoms with van der Waals surface area (Å²) in [5.41, 5.74) is 11.1. The molecule has 0 saturated carbocycles. The first-order valence-corrected chi connectivity index (χ1v) is 7.80. The quantitative estimate of drug-likeness (QED) is 0.878. The Morgan fingerprint density at radius 1 is 1.09 bits per heavy atom. The number of benzene rings is 2. The van der Waals surface area contributed by atoms with Gasteiger partial charge in [-0.15, -0.1) is 12.4 Å². The van der Waals surface area contributed by atoms with Gasteiger partial charge in [0.1, 0.15) is 6.04 Å².